The Kier molecular flexibility index (Phi) is 7.40. The molecule has 0 spiro atoms. The number of nitrogens with zero attached hydrogens (tertiary/aromatic N) is 1. The Bertz CT molecular complexity index is 596. The van der Waals surface area contributed by atoms with E-state index in [4.69, 9.17) is 9.73 Å². The molecule has 0 aromatic heterocycles. The van der Waals surface area contributed by atoms with Crippen molar-refractivity contribution in [2.24, 2.45) is 4.99 Å². The van der Waals surface area contributed by atoms with Gasteiger partial charge in [0.2, 0.25) is 0 Å². The summed E-state index contributed by atoms with van der Waals surface area (Å²) in [6.07, 6.45) is 14.8. The molecule has 0 amide bonds. The lowest BCUT2D eigenvalue weighted by atomic mass is 9.85. The van der Waals surface area contributed by atoms with E-state index in [0.717, 1.165) is 25.1 Å². The summed E-state index contributed by atoms with van der Waals surface area (Å²) < 4.78 is 5.42. The maximum absolute atomic E-state index is 5.42. The molecule has 3 nitrogen and oxygen atoms in total. The van der Waals surface area contributed by atoms with Crippen LogP contribution in [0.25, 0.3) is 0 Å². The zero-order valence-corrected chi connectivity index (χ0v) is 16.7. The van der Waals surface area contributed by atoms with Gasteiger partial charge >= 0.3 is 0 Å². The minimum atomic E-state index is 0.417. The number of nitrogens with one attached hydrogen (secondary N) is 1. The van der Waals surface area contributed by atoms with Gasteiger partial charge in [0.25, 0.3) is 0 Å². The van der Waals surface area contributed by atoms with Gasteiger partial charge in [0, 0.05) is 23.9 Å². The largest absolute Gasteiger partial charge is 0.497 e. The summed E-state index contributed by atoms with van der Waals surface area (Å²) in [7, 11) is 1.75. The maximum atomic E-state index is 5.42. The van der Waals surface area contributed by atoms with Gasteiger partial charge in [0.1, 0.15) is 5.75 Å². The van der Waals surface area contributed by atoms with Crippen LogP contribution in [0, 0.1) is 0 Å². The minimum absolute atomic E-state index is 0.417. The number of rotatable bonds is 11. The van der Waals surface area contributed by atoms with Gasteiger partial charge in [0.15, 0.2) is 0 Å². The molecule has 2 aliphatic heterocycles. The van der Waals surface area contributed by atoms with Crippen molar-refractivity contribution >= 4 is 11.4 Å². The number of methoxy groups -OCH3 is 1. The van der Waals surface area contributed by atoms with Crippen molar-refractivity contribution in [3.8, 4) is 5.75 Å². The highest BCUT2D eigenvalue weighted by Gasteiger charge is 2.36. The molecule has 1 N–H and O–H groups in total. The molecular weight excluding hydrogens is 320 g/mol. The van der Waals surface area contributed by atoms with Crippen LogP contribution in [0.4, 0.5) is 5.69 Å². The highest BCUT2D eigenvalue weighted by atomic mass is 16.5. The number of hydrogen-bond acceptors (Lipinski definition) is 3. The average Bonchev–Trinajstić information content (AvgIpc) is 3.05. The first-order valence-corrected chi connectivity index (χ1v) is 10.8. The van der Waals surface area contributed by atoms with Crippen LogP contribution < -0.4 is 10.1 Å². The van der Waals surface area contributed by atoms with Crippen LogP contribution >= 0.6 is 0 Å². The Hall–Kier alpha value is -1.51. The SMILES string of the molecule is CCCCCCCCCCCC1=NCC[C@H]2c3cc(OC)ccc3N[C@@H]12. The standard InChI is InChI=1S/C23H36N2O/c1-3-4-5-6-7-8-9-10-11-12-22-23-19(15-16-24-22)20-17-18(26-2)13-14-21(20)25-23/h13-14,17,19,23,25H,3-12,15-16H2,1-2H3/t19-,23+/m0/s1. The van der Waals surface area contributed by atoms with Crippen molar-refractivity contribution in [1.29, 1.82) is 0 Å². The molecule has 2 aliphatic rings. The van der Waals surface area contributed by atoms with Crippen molar-refractivity contribution in [2.45, 2.75) is 89.5 Å². The third kappa shape index (κ3) is 4.81. The fraction of sp³-hybridized carbons (Fsp3) is 0.696. The molecule has 26 heavy (non-hydrogen) atoms. The first-order valence-electron chi connectivity index (χ1n) is 10.8. The number of anilines is 1. The predicted molar refractivity (Wildman–Crippen MR) is 112 cm³/mol. The molecule has 1 aromatic rings. The highest BCUT2D eigenvalue weighted by molar-refractivity contribution is 5.95. The van der Waals surface area contributed by atoms with Crippen LogP contribution in [0.1, 0.15) is 89.0 Å². The molecule has 0 bridgehead atoms. The molecule has 0 radical (unpaired) electrons. The summed E-state index contributed by atoms with van der Waals surface area (Å²) in [4.78, 5) is 4.89. The van der Waals surface area contributed by atoms with E-state index in [1.807, 2.05) is 0 Å². The fourth-order valence-corrected chi connectivity index (χ4v) is 4.49. The number of unbranched alkanes of at least 4 members (excludes halogenated alkanes) is 8. The van der Waals surface area contributed by atoms with Crippen molar-refractivity contribution < 1.29 is 4.74 Å². The monoisotopic (exact) mass is 356 g/mol. The van der Waals surface area contributed by atoms with E-state index >= 15 is 0 Å². The second kappa shape index (κ2) is 9.99. The molecule has 2 heterocycles. The molecule has 0 saturated carbocycles. The number of aliphatic imine (C=N–C) groups is 1. The summed E-state index contributed by atoms with van der Waals surface area (Å²) >= 11 is 0. The normalized spacial score (nSPS) is 20.9. The van der Waals surface area contributed by atoms with Crippen molar-refractivity contribution in [2.75, 3.05) is 19.0 Å². The summed E-state index contributed by atoms with van der Waals surface area (Å²) in [6, 6.07) is 6.86. The zero-order valence-electron chi connectivity index (χ0n) is 16.7. The van der Waals surface area contributed by atoms with Gasteiger partial charge in [-0.15, -0.1) is 0 Å². The van der Waals surface area contributed by atoms with Gasteiger partial charge in [-0.05, 0) is 43.0 Å². The van der Waals surface area contributed by atoms with Crippen LogP contribution in [0.2, 0.25) is 0 Å². The Morgan fingerprint density at radius 3 is 2.50 bits per heavy atom. The van der Waals surface area contributed by atoms with Crippen LogP contribution in [0.5, 0.6) is 5.75 Å². The third-order valence-electron chi connectivity index (χ3n) is 6.02. The van der Waals surface area contributed by atoms with E-state index in [0.29, 0.717) is 12.0 Å². The number of benzene rings is 1. The van der Waals surface area contributed by atoms with E-state index in [1.165, 1.54) is 74.7 Å². The lowest BCUT2D eigenvalue weighted by Gasteiger charge is -2.26. The van der Waals surface area contributed by atoms with Crippen molar-refractivity contribution in [3.63, 3.8) is 0 Å². The smallest absolute Gasteiger partial charge is 0.119 e. The van der Waals surface area contributed by atoms with Gasteiger partial charge in [-0.25, -0.2) is 0 Å². The maximum Gasteiger partial charge on any atom is 0.119 e. The molecule has 144 valence electrons. The van der Waals surface area contributed by atoms with Crippen LogP contribution in [-0.2, 0) is 0 Å². The molecule has 3 heteroatoms. The number of fused-ring (bicyclic) bond motifs is 3. The second-order valence-electron chi connectivity index (χ2n) is 7.92. The third-order valence-corrected chi connectivity index (χ3v) is 6.02. The number of hydrogen-bond donors (Lipinski definition) is 1. The molecule has 0 unspecified atom stereocenters. The average molecular weight is 357 g/mol. The lowest BCUT2D eigenvalue weighted by Crippen LogP contribution is -2.34. The molecule has 2 atom stereocenters. The van der Waals surface area contributed by atoms with Gasteiger partial charge in [-0.1, -0.05) is 58.3 Å². The highest BCUT2D eigenvalue weighted by Crippen LogP contribution is 2.42. The first kappa shape index (κ1) is 19.3. The Morgan fingerprint density at radius 1 is 1.04 bits per heavy atom. The number of ether oxygens (including phenoxy) is 1. The van der Waals surface area contributed by atoms with Crippen LogP contribution in [-0.4, -0.2) is 25.4 Å². The van der Waals surface area contributed by atoms with E-state index in [2.05, 4.69) is 30.4 Å². The van der Waals surface area contributed by atoms with Crippen LogP contribution in [0.3, 0.4) is 0 Å². The minimum Gasteiger partial charge on any atom is -0.497 e. The molecule has 0 aliphatic carbocycles. The van der Waals surface area contributed by atoms with Crippen molar-refractivity contribution in [3.05, 3.63) is 23.8 Å². The summed E-state index contributed by atoms with van der Waals surface area (Å²) in [5.74, 6) is 1.54. The predicted octanol–water partition coefficient (Wildman–Crippen LogP) is 6.34. The first-order chi connectivity index (χ1) is 12.8. The molecule has 3 rings (SSSR count). The van der Waals surface area contributed by atoms with Crippen LogP contribution in [0.15, 0.2) is 23.2 Å². The molecule has 0 saturated heterocycles. The van der Waals surface area contributed by atoms with Crippen molar-refractivity contribution in [1.82, 2.24) is 0 Å². The van der Waals surface area contributed by atoms with Gasteiger partial charge < -0.3 is 10.1 Å². The van der Waals surface area contributed by atoms with Gasteiger partial charge in [-0.2, -0.15) is 0 Å². The van der Waals surface area contributed by atoms with Gasteiger partial charge in [-0.3, -0.25) is 4.99 Å². The quantitative estimate of drug-likeness (QED) is 0.469. The Morgan fingerprint density at radius 2 is 1.77 bits per heavy atom. The second-order valence-corrected chi connectivity index (χ2v) is 7.92. The Balaban J connectivity index is 1.41. The fourth-order valence-electron chi connectivity index (χ4n) is 4.49. The molecule has 0 fully saturated rings. The molecular formula is C23H36N2O. The summed E-state index contributed by atoms with van der Waals surface area (Å²) in [5, 5.41) is 3.73. The summed E-state index contributed by atoms with van der Waals surface area (Å²) in [5.41, 5.74) is 4.11. The van der Waals surface area contributed by atoms with Gasteiger partial charge in [0.05, 0.1) is 13.2 Å². The Labute approximate surface area is 159 Å². The van der Waals surface area contributed by atoms with E-state index in [1.54, 1.807) is 7.11 Å². The summed E-state index contributed by atoms with van der Waals surface area (Å²) in [6.45, 7) is 3.26. The topological polar surface area (TPSA) is 33.6 Å². The van der Waals surface area contributed by atoms with E-state index in [-0.39, 0.29) is 0 Å². The molecule has 1 aromatic carbocycles. The van der Waals surface area contributed by atoms with E-state index < -0.39 is 0 Å². The lowest BCUT2D eigenvalue weighted by molar-refractivity contribution is 0.414. The zero-order chi connectivity index (χ0) is 18.2. The van der Waals surface area contributed by atoms with E-state index in [9.17, 15) is 0 Å².